The Hall–Kier alpha value is -3.07. The number of anilines is 3. The van der Waals surface area contributed by atoms with Gasteiger partial charge < -0.3 is 14.8 Å². The van der Waals surface area contributed by atoms with Gasteiger partial charge in [-0.15, -0.1) is 0 Å². The van der Waals surface area contributed by atoms with Crippen LogP contribution in [0.4, 0.5) is 17.3 Å². The van der Waals surface area contributed by atoms with Crippen molar-refractivity contribution >= 4 is 38.4 Å². The van der Waals surface area contributed by atoms with Crippen LogP contribution in [0.2, 0.25) is 0 Å². The van der Waals surface area contributed by atoms with Gasteiger partial charge in [-0.25, -0.2) is 18.4 Å². The van der Waals surface area contributed by atoms with Crippen molar-refractivity contribution in [3.05, 3.63) is 42.5 Å². The SMILES string of the molecule is COc1cc(Nc2nc3ccccc3nc2NS(C)(=O)=O)cc(OC)c1. The Kier molecular flexibility index (Phi) is 4.81. The zero-order chi connectivity index (χ0) is 18.7. The van der Waals surface area contributed by atoms with Gasteiger partial charge in [0.2, 0.25) is 10.0 Å². The lowest BCUT2D eigenvalue weighted by atomic mass is 10.2. The maximum absolute atomic E-state index is 11.7. The fraction of sp³-hybridized carbons (Fsp3) is 0.176. The number of hydrogen-bond donors (Lipinski definition) is 2. The minimum atomic E-state index is -3.53. The summed E-state index contributed by atoms with van der Waals surface area (Å²) in [7, 11) is -0.435. The number of hydrogen-bond acceptors (Lipinski definition) is 7. The van der Waals surface area contributed by atoms with E-state index in [2.05, 4.69) is 20.0 Å². The summed E-state index contributed by atoms with van der Waals surface area (Å²) in [5.74, 6) is 1.54. The number of sulfonamides is 1. The number of methoxy groups -OCH3 is 2. The van der Waals surface area contributed by atoms with E-state index >= 15 is 0 Å². The van der Waals surface area contributed by atoms with Gasteiger partial charge in [0.25, 0.3) is 0 Å². The second-order valence-corrected chi connectivity index (χ2v) is 7.26. The van der Waals surface area contributed by atoms with Crippen LogP contribution in [0.5, 0.6) is 11.5 Å². The molecule has 0 fully saturated rings. The van der Waals surface area contributed by atoms with Crippen LogP contribution in [0, 0.1) is 0 Å². The van der Waals surface area contributed by atoms with Crippen LogP contribution in [0.25, 0.3) is 11.0 Å². The molecule has 2 N–H and O–H groups in total. The second kappa shape index (κ2) is 7.04. The molecule has 0 bridgehead atoms. The fourth-order valence-electron chi connectivity index (χ4n) is 2.35. The predicted molar refractivity (Wildman–Crippen MR) is 101 cm³/mol. The van der Waals surface area contributed by atoms with Gasteiger partial charge in [-0.05, 0) is 12.1 Å². The van der Waals surface area contributed by atoms with Crippen LogP contribution in [0.3, 0.4) is 0 Å². The van der Waals surface area contributed by atoms with Crippen LogP contribution in [-0.2, 0) is 10.0 Å². The van der Waals surface area contributed by atoms with Crippen LogP contribution >= 0.6 is 0 Å². The molecule has 0 aliphatic rings. The summed E-state index contributed by atoms with van der Waals surface area (Å²) in [6.45, 7) is 0. The molecule has 136 valence electrons. The maximum atomic E-state index is 11.7. The molecule has 0 saturated carbocycles. The Morgan fingerprint density at radius 2 is 1.42 bits per heavy atom. The number of nitrogens with one attached hydrogen (secondary N) is 2. The van der Waals surface area contributed by atoms with E-state index in [4.69, 9.17) is 9.47 Å². The summed E-state index contributed by atoms with van der Waals surface area (Å²) in [5, 5.41) is 3.08. The van der Waals surface area contributed by atoms with Gasteiger partial charge >= 0.3 is 0 Å². The standard InChI is InChI=1S/C17H18N4O4S/c1-24-12-8-11(9-13(10-12)25-2)18-16-17(21-26(3,22)23)20-15-7-5-4-6-14(15)19-16/h4-10H,1-3H3,(H,18,19)(H,20,21). The van der Waals surface area contributed by atoms with Crippen molar-refractivity contribution in [3.63, 3.8) is 0 Å². The van der Waals surface area contributed by atoms with Gasteiger partial charge in [0.1, 0.15) is 11.5 Å². The minimum absolute atomic E-state index is 0.105. The number of aromatic nitrogens is 2. The molecule has 1 heterocycles. The highest BCUT2D eigenvalue weighted by atomic mass is 32.2. The van der Waals surface area contributed by atoms with E-state index in [1.165, 1.54) is 0 Å². The third-order valence-electron chi connectivity index (χ3n) is 3.47. The lowest BCUT2D eigenvalue weighted by Gasteiger charge is -2.14. The van der Waals surface area contributed by atoms with Crippen molar-refractivity contribution in [1.29, 1.82) is 0 Å². The molecule has 0 spiro atoms. The summed E-state index contributed by atoms with van der Waals surface area (Å²) < 4.78 is 36.3. The topological polar surface area (TPSA) is 102 Å². The third-order valence-corrected chi connectivity index (χ3v) is 4.03. The molecule has 3 rings (SSSR count). The zero-order valence-electron chi connectivity index (χ0n) is 14.5. The second-order valence-electron chi connectivity index (χ2n) is 5.51. The first kappa shape index (κ1) is 17.7. The summed E-state index contributed by atoms with van der Waals surface area (Å²) in [6, 6.07) is 12.4. The van der Waals surface area contributed by atoms with E-state index in [1.54, 1.807) is 50.6 Å². The summed E-state index contributed by atoms with van der Waals surface area (Å²) in [6.07, 6.45) is 1.06. The molecule has 0 aliphatic carbocycles. The quantitative estimate of drug-likeness (QED) is 0.684. The molecule has 9 heteroatoms. The zero-order valence-corrected chi connectivity index (χ0v) is 15.3. The molecule has 26 heavy (non-hydrogen) atoms. The molecular formula is C17H18N4O4S. The number of nitrogens with zero attached hydrogens (tertiary/aromatic N) is 2. The Labute approximate surface area is 151 Å². The highest BCUT2D eigenvalue weighted by Gasteiger charge is 2.14. The number of rotatable bonds is 6. The summed E-state index contributed by atoms with van der Waals surface area (Å²) in [4.78, 5) is 8.85. The number of para-hydroxylation sites is 2. The molecule has 1 aromatic heterocycles. The predicted octanol–water partition coefficient (Wildman–Crippen LogP) is 2.76. The van der Waals surface area contributed by atoms with Crippen molar-refractivity contribution in [2.45, 2.75) is 0 Å². The van der Waals surface area contributed by atoms with Crippen LogP contribution in [-0.4, -0.2) is 38.9 Å². The number of fused-ring (bicyclic) bond motifs is 1. The van der Waals surface area contributed by atoms with Crippen molar-refractivity contribution < 1.29 is 17.9 Å². The van der Waals surface area contributed by atoms with E-state index in [-0.39, 0.29) is 11.6 Å². The van der Waals surface area contributed by atoms with Gasteiger partial charge in [-0.2, -0.15) is 0 Å². The highest BCUT2D eigenvalue weighted by Crippen LogP contribution is 2.30. The first-order chi connectivity index (χ1) is 12.4. The average molecular weight is 374 g/mol. The Balaban J connectivity index is 2.09. The van der Waals surface area contributed by atoms with Gasteiger partial charge in [0.05, 0.1) is 31.5 Å². The number of benzene rings is 2. The average Bonchev–Trinajstić information content (AvgIpc) is 2.60. The molecule has 0 unspecified atom stereocenters. The molecule has 0 saturated heterocycles. The summed E-state index contributed by atoms with van der Waals surface area (Å²) >= 11 is 0. The largest absolute Gasteiger partial charge is 0.497 e. The van der Waals surface area contributed by atoms with Gasteiger partial charge in [-0.1, -0.05) is 12.1 Å². The molecule has 0 amide bonds. The molecule has 0 atom stereocenters. The third kappa shape index (κ3) is 4.12. The van der Waals surface area contributed by atoms with Gasteiger partial charge in [-0.3, -0.25) is 4.72 Å². The van der Waals surface area contributed by atoms with Crippen molar-refractivity contribution in [3.8, 4) is 11.5 Å². The molecule has 0 aliphatic heterocycles. The van der Waals surface area contributed by atoms with E-state index < -0.39 is 10.0 Å². The van der Waals surface area contributed by atoms with Gasteiger partial charge in [0, 0.05) is 23.9 Å². The molecule has 0 radical (unpaired) electrons. The Morgan fingerprint density at radius 1 is 0.885 bits per heavy atom. The van der Waals surface area contributed by atoms with Gasteiger partial charge in [0.15, 0.2) is 11.6 Å². The minimum Gasteiger partial charge on any atom is -0.497 e. The fourth-order valence-corrected chi connectivity index (χ4v) is 2.84. The smallest absolute Gasteiger partial charge is 0.231 e. The number of ether oxygens (including phenoxy) is 2. The lowest BCUT2D eigenvalue weighted by Crippen LogP contribution is -2.13. The van der Waals surface area contributed by atoms with Crippen LogP contribution < -0.4 is 19.5 Å². The molecule has 2 aromatic carbocycles. The molecule has 3 aromatic rings. The first-order valence-corrected chi connectivity index (χ1v) is 9.52. The normalized spacial score (nSPS) is 11.2. The monoisotopic (exact) mass is 374 g/mol. The summed E-state index contributed by atoms with van der Waals surface area (Å²) in [5.41, 5.74) is 1.82. The maximum Gasteiger partial charge on any atom is 0.231 e. The van der Waals surface area contributed by atoms with Crippen LogP contribution in [0.1, 0.15) is 0 Å². The van der Waals surface area contributed by atoms with E-state index in [1.807, 2.05) is 6.07 Å². The Bertz CT molecular complexity index is 1030. The van der Waals surface area contributed by atoms with E-state index in [9.17, 15) is 8.42 Å². The highest BCUT2D eigenvalue weighted by molar-refractivity contribution is 7.92. The van der Waals surface area contributed by atoms with Crippen molar-refractivity contribution in [1.82, 2.24) is 9.97 Å². The molecule has 8 nitrogen and oxygen atoms in total. The van der Waals surface area contributed by atoms with Crippen molar-refractivity contribution in [2.24, 2.45) is 0 Å². The first-order valence-electron chi connectivity index (χ1n) is 7.62. The Morgan fingerprint density at radius 3 is 1.92 bits per heavy atom. The van der Waals surface area contributed by atoms with Crippen molar-refractivity contribution in [2.75, 3.05) is 30.5 Å². The van der Waals surface area contributed by atoms with E-state index in [0.717, 1.165) is 6.26 Å². The van der Waals surface area contributed by atoms with E-state index in [0.29, 0.717) is 28.2 Å². The molecular weight excluding hydrogens is 356 g/mol. The van der Waals surface area contributed by atoms with Crippen LogP contribution in [0.15, 0.2) is 42.5 Å². The lowest BCUT2D eigenvalue weighted by molar-refractivity contribution is 0.395.